The third kappa shape index (κ3) is 1.74. The van der Waals surface area contributed by atoms with E-state index in [1.807, 2.05) is 55.5 Å². The van der Waals surface area contributed by atoms with Gasteiger partial charge in [0.05, 0.1) is 0 Å². The van der Waals surface area contributed by atoms with Crippen LogP contribution in [0.2, 0.25) is 0 Å². The lowest BCUT2D eigenvalue weighted by molar-refractivity contribution is 0.0572. The van der Waals surface area contributed by atoms with Gasteiger partial charge in [-0.3, -0.25) is 9.59 Å². The fourth-order valence-electron chi connectivity index (χ4n) is 3.81. The van der Waals surface area contributed by atoms with Gasteiger partial charge in [0.2, 0.25) is 0 Å². The molecule has 116 valence electrons. The van der Waals surface area contributed by atoms with Crippen molar-refractivity contribution in [1.82, 2.24) is 9.80 Å². The van der Waals surface area contributed by atoms with Crippen molar-refractivity contribution in [3.05, 3.63) is 70.8 Å². The average molecular weight is 324 g/mol. The van der Waals surface area contributed by atoms with Gasteiger partial charge in [0, 0.05) is 29.8 Å². The first-order chi connectivity index (χ1) is 11.1. The number of fused-ring (bicyclic) bond motifs is 3. The highest BCUT2D eigenvalue weighted by Gasteiger charge is 2.59. The van der Waals surface area contributed by atoms with Gasteiger partial charge in [-0.2, -0.15) is 0 Å². The van der Waals surface area contributed by atoms with Gasteiger partial charge in [-0.15, -0.1) is 0 Å². The lowest BCUT2D eigenvalue weighted by Gasteiger charge is -2.39. The molecule has 2 aliphatic heterocycles. The molecular formula is C18H16N2O2S. The molecule has 0 aliphatic carbocycles. The van der Waals surface area contributed by atoms with E-state index in [-0.39, 0.29) is 11.1 Å². The monoisotopic (exact) mass is 324 g/mol. The minimum atomic E-state index is -0.875. The number of aryl methyl sites for hydroxylation is 1. The summed E-state index contributed by atoms with van der Waals surface area (Å²) in [5.41, 5.74) is 2.69. The van der Waals surface area contributed by atoms with Gasteiger partial charge < -0.3 is 9.80 Å². The number of rotatable bonds is 1. The number of nitrogens with zero attached hydrogens (tertiary/aromatic N) is 2. The Hall–Kier alpha value is -2.27. The Morgan fingerprint density at radius 3 is 2.48 bits per heavy atom. The SMILES string of the molecule is Cc1ccc(C23c4ccccc4C(=O)N2CCN3C(=O)S)cc1. The van der Waals surface area contributed by atoms with E-state index in [4.69, 9.17) is 0 Å². The van der Waals surface area contributed by atoms with Crippen LogP contribution in [-0.4, -0.2) is 34.0 Å². The van der Waals surface area contributed by atoms with Gasteiger partial charge >= 0.3 is 0 Å². The second-order valence-corrected chi connectivity index (χ2v) is 6.36. The number of hydrogen-bond donors (Lipinski definition) is 1. The third-order valence-electron chi connectivity index (χ3n) is 4.79. The van der Waals surface area contributed by atoms with Crippen molar-refractivity contribution in [2.45, 2.75) is 12.6 Å². The van der Waals surface area contributed by atoms with Gasteiger partial charge in [-0.25, -0.2) is 0 Å². The van der Waals surface area contributed by atoms with Crippen LogP contribution in [0, 0.1) is 6.92 Å². The molecular weight excluding hydrogens is 308 g/mol. The first kappa shape index (κ1) is 14.3. The Bertz CT molecular complexity index is 814. The minimum absolute atomic E-state index is 0.0294. The summed E-state index contributed by atoms with van der Waals surface area (Å²) in [5.74, 6) is -0.0294. The quantitative estimate of drug-likeness (QED) is 0.819. The normalized spacial score (nSPS) is 22.3. The van der Waals surface area contributed by atoms with Crippen LogP contribution in [0.5, 0.6) is 0 Å². The van der Waals surface area contributed by atoms with E-state index in [0.29, 0.717) is 18.7 Å². The smallest absolute Gasteiger partial charge is 0.281 e. The van der Waals surface area contributed by atoms with Crippen LogP contribution >= 0.6 is 12.6 Å². The van der Waals surface area contributed by atoms with Crippen LogP contribution in [0.4, 0.5) is 4.79 Å². The molecule has 1 atom stereocenters. The summed E-state index contributed by atoms with van der Waals surface area (Å²) in [6, 6.07) is 15.5. The van der Waals surface area contributed by atoms with Crippen LogP contribution in [0.15, 0.2) is 48.5 Å². The number of amides is 2. The molecule has 0 bridgehead atoms. The Morgan fingerprint density at radius 2 is 1.78 bits per heavy atom. The van der Waals surface area contributed by atoms with E-state index in [0.717, 1.165) is 16.7 Å². The second kappa shape index (κ2) is 4.86. The molecule has 0 radical (unpaired) electrons. The lowest BCUT2D eigenvalue weighted by atomic mass is 9.90. The molecule has 2 amide bonds. The molecule has 4 rings (SSSR count). The predicted octanol–water partition coefficient (Wildman–Crippen LogP) is 3.02. The minimum Gasteiger partial charge on any atom is -0.306 e. The van der Waals surface area contributed by atoms with E-state index in [9.17, 15) is 9.59 Å². The number of hydrogen-bond acceptors (Lipinski definition) is 2. The van der Waals surface area contributed by atoms with Crippen molar-refractivity contribution in [3.8, 4) is 0 Å². The second-order valence-electron chi connectivity index (χ2n) is 5.97. The molecule has 0 spiro atoms. The summed E-state index contributed by atoms with van der Waals surface area (Å²) in [7, 11) is 0. The maximum atomic E-state index is 12.9. The van der Waals surface area contributed by atoms with Gasteiger partial charge in [-0.05, 0) is 13.0 Å². The maximum absolute atomic E-state index is 12.9. The Kier molecular flexibility index (Phi) is 3.03. The van der Waals surface area contributed by atoms with E-state index in [1.54, 1.807) is 9.80 Å². The summed E-state index contributed by atoms with van der Waals surface area (Å²) < 4.78 is 0. The first-order valence-corrected chi connectivity index (χ1v) is 8.00. The zero-order valence-electron chi connectivity index (χ0n) is 12.7. The van der Waals surface area contributed by atoms with Crippen LogP contribution in [0.1, 0.15) is 27.0 Å². The topological polar surface area (TPSA) is 40.6 Å². The Morgan fingerprint density at radius 1 is 1.09 bits per heavy atom. The summed E-state index contributed by atoms with van der Waals surface area (Å²) in [6.45, 7) is 3.01. The molecule has 2 aliphatic rings. The highest BCUT2D eigenvalue weighted by atomic mass is 32.1. The fraction of sp³-hybridized carbons (Fsp3) is 0.222. The maximum Gasteiger partial charge on any atom is 0.281 e. The van der Waals surface area contributed by atoms with E-state index >= 15 is 0 Å². The van der Waals surface area contributed by atoms with E-state index in [2.05, 4.69) is 12.6 Å². The predicted molar refractivity (Wildman–Crippen MR) is 90.5 cm³/mol. The Balaban J connectivity index is 2.05. The molecule has 0 N–H and O–H groups in total. The summed E-state index contributed by atoms with van der Waals surface area (Å²) in [5, 5.41) is -0.322. The standard InChI is InChI=1S/C18H16N2O2S/c1-12-6-8-13(9-7-12)18-15-5-3-2-4-14(15)16(21)19(18)10-11-20(18)17(22)23/h2-9H,10-11H2,1H3,(H,22,23). The fourth-order valence-corrected chi connectivity index (χ4v) is 4.06. The zero-order valence-corrected chi connectivity index (χ0v) is 13.6. The highest BCUT2D eigenvalue weighted by molar-refractivity contribution is 7.96. The molecule has 2 aromatic rings. The average Bonchev–Trinajstić information content (AvgIpc) is 3.05. The van der Waals surface area contributed by atoms with E-state index in [1.165, 1.54) is 0 Å². The molecule has 1 unspecified atom stereocenters. The largest absolute Gasteiger partial charge is 0.306 e. The molecule has 5 heteroatoms. The molecule has 1 saturated heterocycles. The molecule has 4 nitrogen and oxygen atoms in total. The summed E-state index contributed by atoms with van der Waals surface area (Å²) in [6.07, 6.45) is 0. The van der Waals surface area contributed by atoms with Crippen molar-refractivity contribution in [2.24, 2.45) is 0 Å². The highest BCUT2D eigenvalue weighted by Crippen LogP contribution is 2.49. The Labute approximate surface area is 140 Å². The molecule has 0 aromatic heterocycles. The van der Waals surface area contributed by atoms with Crippen molar-refractivity contribution in [2.75, 3.05) is 13.1 Å². The van der Waals surface area contributed by atoms with E-state index < -0.39 is 5.66 Å². The van der Waals surface area contributed by atoms with Crippen molar-refractivity contribution in [1.29, 1.82) is 0 Å². The number of carbonyl (C=O) groups excluding carboxylic acids is 2. The molecule has 1 fully saturated rings. The van der Waals surface area contributed by atoms with Crippen LogP contribution in [0.25, 0.3) is 0 Å². The molecule has 2 heterocycles. The lowest BCUT2D eigenvalue weighted by Crippen LogP contribution is -2.50. The van der Waals surface area contributed by atoms with Gasteiger partial charge in [-0.1, -0.05) is 60.7 Å². The van der Waals surface area contributed by atoms with Crippen LogP contribution in [-0.2, 0) is 5.66 Å². The molecule has 2 aromatic carbocycles. The number of carbonyl (C=O) groups is 2. The van der Waals surface area contributed by atoms with Crippen molar-refractivity contribution in [3.63, 3.8) is 0 Å². The third-order valence-corrected chi connectivity index (χ3v) is 5.03. The molecule has 23 heavy (non-hydrogen) atoms. The number of benzene rings is 2. The van der Waals surface area contributed by atoms with Gasteiger partial charge in [0.15, 0.2) is 5.66 Å². The molecule has 0 saturated carbocycles. The van der Waals surface area contributed by atoms with Crippen LogP contribution in [0.3, 0.4) is 0 Å². The summed E-state index contributed by atoms with van der Waals surface area (Å²) >= 11 is 4.07. The van der Waals surface area contributed by atoms with Gasteiger partial charge in [0.1, 0.15) is 0 Å². The first-order valence-electron chi connectivity index (χ1n) is 7.56. The zero-order chi connectivity index (χ0) is 16.2. The van der Waals surface area contributed by atoms with Crippen LogP contribution < -0.4 is 0 Å². The van der Waals surface area contributed by atoms with Crippen molar-refractivity contribution >= 4 is 23.8 Å². The number of thiol groups is 1. The van der Waals surface area contributed by atoms with Gasteiger partial charge in [0.25, 0.3) is 11.1 Å². The van der Waals surface area contributed by atoms with Crippen molar-refractivity contribution < 1.29 is 9.59 Å². The summed E-state index contributed by atoms with van der Waals surface area (Å²) in [4.78, 5) is 28.5.